The summed E-state index contributed by atoms with van der Waals surface area (Å²) in [6.07, 6.45) is 0. The Hall–Kier alpha value is -3.16. The molecule has 1 aliphatic rings. The van der Waals surface area contributed by atoms with Gasteiger partial charge >= 0.3 is 5.97 Å². The van der Waals surface area contributed by atoms with Crippen LogP contribution in [0.2, 0.25) is 0 Å². The maximum absolute atomic E-state index is 11.8. The molecule has 2 aromatic rings. The van der Waals surface area contributed by atoms with Crippen molar-refractivity contribution < 1.29 is 24.0 Å². The third-order valence-corrected chi connectivity index (χ3v) is 3.24. The number of amides is 2. The van der Waals surface area contributed by atoms with E-state index in [0.29, 0.717) is 16.9 Å². The number of aromatic carboxylic acids is 1. The van der Waals surface area contributed by atoms with Gasteiger partial charge in [-0.15, -0.1) is 0 Å². The van der Waals surface area contributed by atoms with Crippen molar-refractivity contribution in [2.45, 2.75) is 0 Å². The van der Waals surface area contributed by atoms with Gasteiger partial charge in [-0.2, -0.15) is 0 Å². The van der Waals surface area contributed by atoms with E-state index in [9.17, 15) is 14.4 Å². The summed E-state index contributed by atoms with van der Waals surface area (Å²) in [5.41, 5.74) is 1.62. The normalized spacial score (nSPS) is 14.8. The monoisotopic (exact) mass is 301 g/mol. The SMILES string of the molecule is O=C1CN(c2ccc(-c3cc(C(=O)O)on3)cc2)C(=O)CN1. The standard InChI is InChI=1S/C14H11N3O5/c18-12-7-17(13(19)6-15-12)9-3-1-8(2-4-9)10-5-11(14(20)21)22-16-10/h1-5H,6-7H2,(H,15,18)(H,20,21). The molecule has 8 nitrogen and oxygen atoms in total. The van der Waals surface area contributed by atoms with Crippen molar-refractivity contribution in [3.63, 3.8) is 0 Å². The van der Waals surface area contributed by atoms with Crippen LogP contribution in [-0.2, 0) is 9.59 Å². The van der Waals surface area contributed by atoms with E-state index in [-0.39, 0.29) is 30.7 Å². The first-order chi connectivity index (χ1) is 10.5. The minimum absolute atomic E-state index is 0.0220. The van der Waals surface area contributed by atoms with E-state index in [1.54, 1.807) is 24.3 Å². The second-order valence-electron chi connectivity index (χ2n) is 4.69. The van der Waals surface area contributed by atoms with Crippen molar-refractivity contribution in [3.05, 3.63) is 36.1 Å². The van der Waals surface area contributed by atoms with Crippen LogP contribution in [-0.4, -0.2) is 41.1 Å². The zero-order chi connectivity index (χ0) is 15.7. The van der Waals surface area contributed by atoms with E-state index >= 15 is 0 Å². The van der Waals surface area contributed by atoms with Crippen LogP contribution < -0.4 is 10.2 Å². The van der Waals surface area contributed by atoms with Crippen LogP contribution in [0, 0.1) is 0 Å². The van der Waals surface area contributed by atoms with E-state index in [1.807, 2.05) is 0 Å². The predicted octanol–water partition coefficient (Wildman–Crippen LogP) is 0.503. The summed E-state index contributed by atoms with van der Waals surface area (Å²) in [7, 11) is 0. The minimum atomic E-state index is -1.19. The van der Waals surface area contributed by atoms with Gasteiger partial charge in [0.15, 0.2) is 0 Å². The number of anilines is 1. The lowest BCUT2D eigenvalue weighted by molar-refractivity contribution is -0.128. The molecule has 8 heteroatoms. The van der Waals surface area contributed by atoms with Crippen LogP contribution in [0.4, 0.5) is 5.69 Å². The average Bonchev–Trinajstić information content (AvgIpc) is 3.00. The van der Waals surface area contributed by atoms with Gasteiger partial charge in [0.2, 0.25) is 17.6 Å². The van der Waals surface area contributed by atoms with Crippen LogP contribution in [0.1, 0.15) is 10.6 Å². The summed E-state index contributed by atoms with van der Waals surface area (Å²) in [6.45, 7) is -0.0445. The number of carbonyl (C=O) groups is 3. The van der Waals surface area contributed by atoms with Crippen molar-refractivity contribution in [2.75, 3.05) is 18.0 Å². The van der Waals surface area contributed by atoms with Gasteiger partial charge in [0.1, 0.15) is 12.2 Å². The second-order valence-corrected chi connectivity index (χ2v) is 4.69. The highest BCUT2D eigenvalue weighted by Crippen LogP contribution is 2.23. The first-order valence-electron chi connectivity index (χ1n) is 6.42. The molecule has 1 fully saturated rings. The number of benzene rings is 1. The molecule has 22 heavy (non-hydrogen) atoms. The van der Waals surface area contributed by atoms with Gasteiger partial charge in [0.25, 0.3) is 0 Å². The molecule has 2 heterocycles. The Morgan fingerprint density at radius 2 is 2.00 bits per heavy atom. The highest BCUT2D eigenvalue weighted by Gasteiger charge is 2.24. The second kappa shape index (κ2) is 5.32. The molecule has 1 aromatic heterocycles. The Kier molecular flexibility index (Phi) is 3.34. The largest absolute Gasteiger partial charge is 0.475 e. The third kappa shape index (κ3) is 2.53. The van der Waals surface area contributed by atoms with Crippen LogP contribution in [0.25, 0.3) is 11.3 Å². The molecule has 0 radical (unpaired) electrons. The molecule has 2 N–H and O–H groups in total. The lowest BCUT2D eigenvalue weighted by atomic mass is 10.1. The quantitative estimate of drug-likeness (QED) is 0.853. The van der Waals surface area contributed by atoms with Gasteiger partial charge in [-0.1, -0.05) is 17.3 Å². The zero-order valence-corrected chi connectivity index (χ0v) is 11.3. The lowest BCUT2D eigenvalue weighted by Crippen LogP contribution is -2.51. The third-order valence-electron chi connectivity index (χ3n) is 3.24. The zero-order valence-electron chi connectivity index (χ0n) is 11.3. The Morgan fingerprint density at radius 3 is 2.64 bits per heavy atom. The van der Waals surface area contributed by atoms with Crippen molar-refractivity contribution in [2.24, 2.45) is 0 Å². The molecule has 1 saturated heterocycles. The molecule has 0 atom stereocenters. The minimum Gasteiger partial charge on any atom is -0.475 e. The molecule has 0 aliphatic carbocycles. The molecule has 112 valence electrons. The van der Waals surface area contributed by atoms with E-state index in [4.69, 9.17) is 9.63 Å². The summed E-state index contributed by atoms with van der Waals surface area (Å²) < 4.78 is 4.69. The Bertz CT molecular complexity index is 750. The fourth-order valence-electron chi connectivity index (χ4n) is 2.12. The van der Waals surface area contributed by atoms with Gasteiger partial charge in [-0.25, -0.2) is 4.79 Å². The first-order valence-corrected chi connectivity index (χ1v) is 6.42. The van der Waals surface area contributed by atoms with Gasteiger partial charge in [-0.3, -0.25) is 9.59 Å². The predicted molar refractivity (Wildman–Crippen MR) is 74.3 cm³/mol. The van der Waals surface area contributed by atoms with Crippen LogP contribution in [0.5, 0.6) is 0 Å². The topological polar surface area (TPSA) is 113 Å². The first kappa shape index (κ1) is 13.8. The molecule has 2 amide bonds. The van der Waals surface area contributed by atoms with E-state index in [2.05, 4.69) is 10.5 Å². The van der Waals surface area contributed by atoms with Gasteiger partial charge < -0.3 is 19.8 Å². The fraction of sp³-hybridized carbons (Fsp3) is 0.143. The van der Waals surface area contributed by atoms with Gasteiger partial charge in [-0.05, 0) is 12.1 Å². The molecule has 0 spiro atoms. The van der Waals surface area contributed by atoms with Crippen molar-refractivity contribution in [1.82, 2.24) is 10.5 Å². The maximum Gasteiger partial charge on any atom is 0.374 e. The Balaban J connectivity index is 1.84. The number of piperazine rings is 1. The van der Waals surface area contributed by atoms with E-state index in [0.717, 1.165) is 0 Å². The van der Waals surface area contributed by atoms with E-state index < -0.39 is 5.97 Å². The highest BCUT2D eigenvalue weighted by atomic mass is 16.5. The molecule has 0 unspecified atom stereocenters. The summed E-state index contributed by atoms with van der Waals surface area (Å²) >= 11 is 0. The molecule has 3 rings (SSSR count). The van der Waals surface area contributed by atoms with Crippen LogP contribution in [0.15, 0.2) is 34.9 Å². The Labute approximate surface area is 124 Å². The molecule has 1 aromatic carbocycles. The van der Waals surface area contributed by atoms with Crippen molar-refractivity contribution >= 4 is 23.5 Å². The number of rotatable bonds is 3. The van der Waals surface area contributed by atoms with Gasteiger partial charge in [0, 0.05) is 17.3 Å². The maximum atomic E-state index is 11.8. The summed E-state index contributed by atoms with van der Waals surface area (Å²) in [5, 5.41) is 14.9. The average molecular weight is 301 g/mol. The van der Waals surface area contributed by atoms with Gasteiger partial charge in [0.05, 0.1) is 6.54 Å². The number of hydrogen-bond donors (Lipinski definition) is 2. The number of hydrogen-bond acceptors (Lipinski definition) is 5. The van der Waals surface area contributed by atoms with E-state index in [1.165, 1.54) is 11.0 Å². The molecule has 1 aliphatic heterocycles. The number of nitrogens with one attached hydrogen (secondary N) is 1. The molecule has 0 saturated carbocycles. The number of carboxylic acid groups (broad SMARTS) is 1. The summed E-state index contributed by atoms with van der Waals surface area (Å²) in [6, 6.07) is 8.01. The fourth-order valence-corrected chi connectivity index (χ4v) is 2.12. The molecular formula is C14H11N3O5. The van der Waals surface area contributed by atoms with Crippen LogP contribution >= 0.6 is 0 Å². The van der Waals surface area contributed by atoms with Crippen molar-refractivity contribution in [3.8, 4) is 11.3 Å². The smallest absolute Gasteiger partial charge is 0.374 e. The number of carboxylic acids is 1. The number of carbonyl (C=O) groups excluding carboxylic acids is 2. The molecule has 0 bridgehead atoms. The summed E-state index contributed by atoms with van der Waals surface area (Å²) in [5.74, 6) is -1.85. The number of nitrogens with zero attached hydrogens (tertiary/aromatic N) is 2. The Morgan fingerprint density at radius 1 is 1.27 bits per heavy atom. The van der Waals surface area contributed by atoms with Crippen molar-refractivity contribution in [1.29, 1.82) is 0 Å². The highest BCUT2D eigenvalue weighted by molar-refractivity contribution is 6.04. The number of aromatic nitrogens is 1. The summed E-state index contributed by atoms with van der Waals surface area (Å²) in [4.78, 5) is 35.3. The lowest BCUT2D eigenvalue weighted by Gasteiger charge is -2.26. The molecular weight excluding hydrogens is 290 g/mol. The van der Waals surface area contributed by atoms with Crippen LogP contribution in [0.3, 0.4) is 0 Å².